The van der Waals surface area contributed by atoms with Gasteiger partial charge in [-0.1, -0.05) is 0 Å². The molecule has 4 N–H and O–H groups in total. The quantitative estimate of drug-likeness (QED) is 0.396. The molecule has 0 bridgehead atoms. The number of hydrogen-bond acceptors (Lipinski definition) is 8. The van der Waals surface area contributed by atoms with E-state index in [9.17, 15) is 23.6 Å². The van der Waals surface area contributed by atoms with E-state index in [4.69, 9.17) is 9.88 Å². The molecule has 2 rings (SSSR count). The Bertz CT molecular complexity index is 942. The molecule has 0 unspecified atom stereocenters. The first-order valence-corrected chi connectivity index (χ1v) is 8.24. The summed E-state index contributed by atoms with van der Waals surface area (Å²) in [7, 11) is -2.79. The van der Waals surface area contributed by atoms with E-state index in [0.717, 1.165) is 12.1 Å². The lowest BCUT2D eigenvalue weighted by atomic mass is 10.2. The molecule has 0 saturated heterocycles. The minimum absolute atomic E-state index is 0.0258. The van der Waals surface area contributed by atoms with Gasteiger partial charge in [0.2, 0.25) is 10.0 Å². The number of non-ortho nitro benzene ring substituents is 1. The Balaban J connectivity index is 2.28. The molecule has 0 amide bonds. The zero-order chi connectivity index (χ0) is 18.6. The summed E-state index contributed by atoms with van der Waals surface area (Å²) in [4.78, 5) is 9.56. The number of primary sulfonamides is 1. The van der Waals surface area contributed by atoms with Crippen LogP contribution < -0.4 is 15.3 Å². The predicted octanol–water partition coefficient (Wildman–Crippen LogP) is 1.40. The monoisotopic (exact) mass is 366 g/mol. The second-order valence-electron chi connectivity index (χ2n) is 4.78. The number of rotatable bonds is 6. The second kappa shape index (κ2) is 7.15. The molecule has 0 fully saturated rings. The van der Waals surface area contributed by atoms with Crippen molar-refractivity contribution in [3.05, 3.63) is 52.1 Å². The van der Waals surface area contributed by atoms with E-state index >= 15 is 0 Å². The number of nitrogens with zero attached hydrogens (tertiary/aromatic N) is 2. The average molecular weight is 366 g/mol. The fourth-order valence-electron chi connectivity index (χ4n) is 1.92. The highest BCUT2D eigenvalue weighted by Gasteiger charge is 2.18. The maximum atomic E-state index is 11.6. The van der Waals surface area contributed by atoms with Gasteiger partial charge in [-0.15, -0.1) is 0 Å². The van der Waals surface area contributed by atoms with Gasteiger partial charge < -0.3 is 9.84 Å². The number of nitrogens with two attached hydrogens (primary N) is 1. The number of aromatic hydroxyl groups is 1. The third kappa shape index (κ3) is 4.43. The minimum Gasteiger partial charge on any atom is -0.504 e. The van der Waals surface area contributed by atoms with Crippen molar-refractivity contribution in [3.8, 4) is 11.5 Å². The number of hydrogen-bond donors (Lipinski definition) is 3. The van der Waals surface area contributed by atoms with Crippen molar-refractivity contribution in [1.29, 1.82) is 0 Å². The lowest BCUT2D eigenvalue weighted by Crippen LogP contribution is -2.14. The molecule has 0 aliphatic rings. The van der Waals surface area contributed by atoms with Crippen LogP contribution in [0.15, 0.2) is 46.4 Å². The van der Waals surface area contributed by atoms with Gasteiger partial charge in [0.25, 0.3) is 5.69 Å². The van der Waals surface area contributed by atoms with E-state index in [-0.39, 0.29) is 17.2 Å². The number of nitro benzene ring substituents is 1. The largest absolute Gasteiger partial charge is 0.504 e. The molecule has 0 atom stereocenters. The molecule has 0 spiro atoms. The molecule has 11 heteroatoms. The number of nitro groups is 1. The van der Waals surface area contributed by atoms with Crippen molar-refractivity contribution in [1.82, 2.24) is 0 Å². The van der Waals surface area contributed by atoms with E-state index in [2.05, 4.69) is 10.5 Å². The molecule has 132 valence electrons. The fourth-order valence-corrected chi connectivity index (χ4v) is 2.62. The van der Waals surface area contributed by atoms with Crippen molar-refractivity contribution in [2.24, 2.45) is 10.2 Å². The predicted molar refractivity (Wildman–Crippen MR) is 90.3 cm³/mol. The van der Waals surface area contributed by atoms with E-state index in [1.807, 2.05) is 0 Å². The van der Waals surface area contributed by atoms with E-state index in [1.165, 1.54) is 31.5 Å². The SMILES string of the molecule is COc1ccc(/C=N\Nc2ccc([N+](=O)[O-])cc2S(N)(=O)=O)cc1O. The summed E-state index contributed by atoms with van der Waals surface area (Å²) in [5.41, 5.74) is 2.52. The summed E-state index contributed by atoms with van der Waals surface area (Å²) in [5.74, 6) is 0.198. The first-order chi connectivity index (χ1) is 11.7. The van der Waals surface area contributed by atoms with Gasteiger partial charge in [-0.05, 0) is 29.8 Å². The van der Waals surface area contributed by atoms with Crippen molar-refractivity contribution < 1.29 is 23.2 Å². The lowest BCUT2D eigenvalue weighted by molar-refractivity contribution is -0.385. The summed E-state index contributed by atoms with van der Waals surface area (Å²) >= 11 is 0. The normalized spacial score (nSPS) is 11.4. The Kier molecular flexibility index (Phi) is 5.20. The van der Waals surface area contributed by atoms with Gasteiger partial charge in [0.1, 0.15) is 4.90 Å². The number of ether oxygens (including phenoxy) is 1. The topological polar surface area (TPSA) is 157 Å². The number of nitrogens with one attached hydrogen (secondary N) is 1. The smallest absolute Gasteiger partial charge is 0.270 e. The minimum atomic E-state index is -4.20. The Morgan fingerprint density at radius 1 is 1.32 bits per heavy atom. The molecule has 2 aromatic rings. The molecule has 25 heavy (non-hydrogen) atoms. The van der Waals surface area contributed by atoms with Gasteiger partial charge >= 0.3 is 0 Å². The van der Waals surface area contributed by atoms with Gasteiger partial charge in [-0.25, -0.2) is 13.6 Å². The molecular weight excluding hydrogens is 352 g/mol. The molecule has 0 aliphatic heterocycles. The van der Waals surface area contributed by atoms with Gasteiger partial charge in [0.05, 0.1) is 23.9 Å². The maximum absolute atomic E-state index is 11.6. The highest BCUT2D eigenvalue weighted by molar-refractivity contribution is 7.89. The summed E-state index contributed by atoms with van der Waals surface area (Å²) in [6.45, 7) is 0. The van der Waals surface area contributed by atoms with Crippen LogP contribution in [0.4, 0.5) is 11.4 Å². The van der Waals surface area contributed by atoms with Crippen molar-refractivity contribution >= 4 is 27.6 Å². The molecule has 0 saturated carbocycles. The van der Waals surface area contributed by atoms with Gasteiger partial charge in [0.15, 0.2) is 11.5 Å². The summed E-state index contributed by atoms with van der Waals surface area (Å²) in [6.07, 6.45) is 1.31. The Labute approximate surface area is 142 Å². The van der Waals surface area contributed by atoms with Crippen LogP contribution in [0.25, 0.3) is 0 Å². The highest BCUT2D eigenvalue weighted by atomic mass is 32.2. The van der Waals surface area contributed by atoms with Crippen LogP contribution >= 0.6 is 0 Å². The van der Waals surface area contributed by atoms with Crippen LogP contribution in [0.1, 0.15) is 5.56 Å². The number of methoxy groups -OCH3 is 1. The maximum Gasteiger partial charge on any atom is 0.270 e. The molecule has 0 radical (unpaired) electrons. The van der Waals surface area contributed by atoms with Crippen molar-refractivity contribution in [2.75, 3.05) is 12.5 Å². The van der Waals surface area contributed by atoms with Crippen molar-refractivity contribution in [2.45, 2.75) is 4.90 Å². The summed E-state index contributed by atoms with van der Waals surface area (Å²) in [6, 6.07) is 7.66. The zero-order valence-corrected chi connectivity index (χ0v) is 13.7. The zero-order valence-electron chi connectivity index (χ0n) is 12.9. The second-order valence-corrected chi connectivity index (χ2v) is 6.31. The van der Waals surface area contributed by atoms with Crippen LogP contribution in [0.3, 0.4) is 0 Å². The average Bonchev–Trinajstić information content (AvgIpc) is 2.54. The summed E-state index contributed by atoms with van der Waals surface area (Å²) < 4.78 is 28.1. The molecule has 2 aromatic carbocycles. The van der Waals surface area contributed by atoms with E-state index in [1.54, 1.807) is 6.07 Å². The highest BCUT2D eigenvalue weighted by Crippen LogP contribution is 2.27. The number of hydrazone groups is 1. The standard InChI is InChI=1S/C14H14N4O6S/c1-24-13-5-2-9(6-12(13)19)8-16-17-11-4-3-10(18(20)21)7-14(11)25(15,22)23/h2-8,17,19H,1H3,(H2,15,22,23)/b16-8-. The van der Waals surface area contributed by atoms with Crippen LogP contribution in [-0.4, -0.2) is 31.8 Å². The third-order valence-electron chi connectivity index (χ3n) is 3.08. The van der Waals surface area contributed by atoms with Crippen LogP contribution in [0.2, 0.25) is 0 Å². The van der Waals surface area contributed by atoms with Crippen molar-refractivity contribution in [3.63, 3.8) is 0 Å². The molecule has 0 heterocycles. The van der Waals surface area contributed by atoms with E-state index in [0.29, 0.717) is 5.56 Å². The Morgan fingerprint density at radius 2 is 2.04 bits per heavy atom. The molecule has 0 aromatic heterocycles. The number of phenolic OH excluding ortho intramolecular Hbond substituents is 1. The summed E-state index contributed by atoms with van der Waals surface area (Å²) in [5, 5.41) is 29.3. The number of anilines is 1. The first-order valence-electron chi connectivity index (χ1n) is 6.69. The third-order valence-corrected chi connectivity index (χ3v) is 4.03. The Morgan fingerprint density at radius 3 is 2.60 bits per heavy atom. The van der Waals surface area contributed by atoms with E-state index < -0.39 is 25.5 Å². The fraction of sp³-hybridized carbons (Fsp3) is 0.0714. The molecular formula is C14H14N4O6S. The number of phenols is 1. The lowest BCUT2D eigenvalue weighted by Gasteiger charge is -2.07. The Hall–Kier alpha value is -3.18. The van der Waals surface area contributed by atoms with Gasteiger partial charge in [0, 0.05) is 12.1 Å². The van der Waals surface area contributed by atoms with Crippen LogP contribution in [0, 0.1) is 10.1 Å². The van der Waals surface area contributed by atoms with Gasteiger partial charge in [-0.3, -0.25) is 15.5 Å². The number of sulfonamides is 1. The molecule has 10 nitrogen and oxygen atoms in total. The van der Waals surface area contributed by atoms with Crippen LogP contribution in [0.5, 0.6) is 11.5 Å². The van der Waals surface area contributed by atoms with Crippen LogP contribution in [-0.2, 0) is 10.0 Å². The van der Waals surface area contributed by atoms with Gasteiger partial charge in [-0.2, -0.15) is 5.10 Å². The first kappa shape index (κ1) is 18.2. The molecule has 0 aliphatic carbocycles. The number of benzene rings is 2.